The average molecular weight is 419 g/mol. The molecule has 0 radical (unpaired) electrons. The quantitative estimate of drug-likeness (QED) is 0.443. The summed E-state index contributed by atoms with van der Waals surface area (Å²) in [7, 11) is -3.73. The molecule has 0 bridgehead atoms. The minimum absolute atomic E-state index is 0.195. The Kier molecular flexibility index (Phi) is 5.70. The van der Waals surface area contributed by atoms with E-state index in [0.717, 1.165) is 11.1 Å². The highest BCUT2D eigenvalue weighted by atomic mass is 32.2. The summed E-state index contributed by atoms with van der Waals surface area (Å²) in [4.78, 5) is 0.195. The molecule has 3 aromatic carbocycles. The maximum atomic E-state index is 12.8. The highest BCUT2D eigenvalue weighted by molar-refractivity contribution is 7.92. The van der Waals surface area contributed by atoms with Gasteiger partial charge in [0.25, 0.3) is 10.0 Å². The fourth-order valence-electron chi connectivity index (χ4n) is 3.31. The monoisotopic (exact) mass is 418 g/mol. The van der Waals surface area contributed by atoms with Gasteiger partial charge >= 0.3 is 0 Å². The maximum absolute atomic E-state index is 12.8. The zero-order chi connectivity index (χ0) is 21.0. The van der Waals surface area contributed by atoms with Gasteiger partial charge in [0.05, 0.1) is 16.8 Å². The number of anilines is 1. The van der Waals surface area contributed by atoms with Gasteiger partial charge in [-0.3, -0.25) is 4.72 Å². The van der Waals surface area contributed by atoms with Gasteiger partial charge in [0.1, 0.15) is 5.76 Å². The Balaban J connectivity index is 1.68. The van der Waals surface area contributed by atoms with Crippen LogP contribution in [-0.2, 0) is 16.4 Å². The number of rotatable bonds is 7. The Labute approximate surface area is 176 Å². The van der Waals surface area contributed by atoms with Crippen molar-refractivity contribution in [1.29, 1.82) is 0 Å². The third-order valence-corrected chi connectivity index (χ3v) is 6.24. The first-order valence-electron chi connectivity index (χ1n) is 9.58. The smallest absolute Gasteiger partial charge is 0.261 e. The van der Waals surface area contributed by atoms with E-state index < -0.39 is 10.0 Å². The molecule has 0 fully saturated rings. The molecule has 0 spiro atoms. The number of sulfonamides is 1. The molecule has 4 aromatic rings. The van der Waals surface area contributed by atoms with Gasteiger partial charge in [-0.15, -0.1) is 0 Å². The van der Waals surface area contributed by atoms with Crippen LogP contribution < -0.4 is 10.5 Å². The van der Waals surface area contributed by atoms with Gasteiger partial charge in [-0.25, -0.2) is 8.42 Å². The first kappa shape index (κ1) is 19.9. The standard InChI is InChI=1S/C24H22N2O3S/c25-22(16-18-8-3-1-4-9-18)19-13-14-23(21(17-19)24-12-7-15-29-24)26-30(27,28)20-10-5-2-6-11-20/h1-15,17,22,26H,16,25H2. The predicted octanol–water partition coefficient (Wildman–Crippen LogP) is 4.99. The molecule has 1 unspecified atom stereocenters. The van der Waals surface area contributed by atoms with E-state index in [1.165, 1.54) is 0 Å². The van der Waals surface area contributed by atoms with E-state index in [9.17, 15) is 8.42 Å². The number of nitrogens with two attached hydrogens (primary N) is 1. The van der Waals surface area contributed by atoms with Gasteiger partial charge in [0, 0.05) is 11.6 Å². The topological polar surface area (TPSA) is 85.3 Å². The van der Waals surface area contributed by atoms with Crippen molar-refractivity contribution in [3.63, 3.8) is 0 Å². The number of benzene rings is 3. The van der Waals surface area contributed by atoms with Crippen molar-refractivity contribution in [2.75, 3.05) is 4.72 Å². The zero-order valence-corrected chi connectivity index (χ0v) is 17.0. The normalized spacial score (nSPS) is 12.4. The fraction of sp³-hybridized carbons (Fsp3) is 0.0833. The summed E-state index contributed by atoms with van der Waals surface area (Å²) in [5.41, 5.74) is 9.56. The Morgan fingerprint density at radius 1 is 0.867 bits per heavy atom. The third kappa shape index (κ3) is 4.45. The van der Waals surface area contributed by atoms with Gasteiger partial charge in [0.15, 0.2) is 0 Å². The second kappa shape index (κ2) is 8.57. The summed E-state index contributed by atoms with van der Waals surface area (Å²) in [5.74, 6) is 0.564. The van der Waals surface area contributed by atoms with Crippen LogP contribution in [0.25, 0.3) is 11.3 Å². The Morgan fingerprint density at radius 3 is 2.23 bits per heavy atom. The molecule has 0 aliphatic rings. The molecule has 1 aromatic heterocycles. The lowest BCUT2D eigenvalue weighted by Gasteiger charge is -2.17. The summed E-state index contributed by atoms with van der Waals surface area (Å²) in [6, 6.07) is 27.1. The van der Waals surface area contributed by atoms with Crippen LogP contribution in [0.15, 0.2) is 107 Å². The Bertz CT molecular complexity index is 1210. The van der Waals surface area contributed by atoms with Crippen LogP contribution in [0, 0.1) is 0 Å². The van der Waals surface area contributed by atoms with E-state index >= 15 is 0 Å². The summed E-state index contributed by atoms with van der Waals surface area (Å²) < 4.78 is 33.9. The highest BCUT2D eigenvalue weighted by Gasteiger charge is 2.19. The van der Waals surface area contributed by atoms with Gasteiger partial charge in [-0.2, -0.15) is 0 Å². The highest BCUT2D eigenvalue weighted by Crippen LogP contribution is 2.33. The molecule has 0 aliphatic carbocycles. The molecule has 30 heavy (non-hydrogen) atoms. The molecule has 0 amide bonds. The molecule has 5 nitrogen and oxygen atoms in total. The van der Waals surface area contributed by atoms with Crippen molar-refractivity contribution in [3.8, 4) is 11.3 Å². The second-order valence-electron chi connectivity index (χ2n) is 7.00. The van der Waals surface area contributed by atoms with Crippen LogP contribution in [0.3, 0.4) is 0 Å². The average Bonchev–Trinajstić information content (AvgIpc) is 3.30. The lowest BCUT2D eigenvalue weighted by Crippen LogP contribution is -2.15. The minimum Gasteiger partial charge on any atom is -0.464 e. The lowest BCUT2D eigenvalue weighted by molar-refractivity contribution is 0.582. The second-order valence-corrected chi connectivity index (χ2v) is 8.68. The van der Waals surface area contributed by atoms with Gasteiger partial charge in [0.2, 0.25) is 0 Å². The van der Waals surface area contributed by atoms with Crippen LogP contribution in [0.2, 0.25) is 0 Å². The first-order chi connectivity index (χ1) is 14.5. The molecule has 1 heterocycles. The number of furan rings is 1. The lowest BCUT2D eigenvalue weighted by atomic mass is 9.97. The van der Waals surface area contributed by atoms with Crippen LogP contribution in [0.1, 0.15) is 17.2 Å². The van der Waals surface area contributed by atoms with Gasteiger partial charge in [-0.1, -0.05) is 54.6 Å². The van der Waals surface area contributed by atoms with Crippen molar-refractivity contribution in [2.24, 2.45) is 5.73 Å². The fourth-order valence-corrected chi connectivity index (χ4v) is 4.41. The Morgan fingerprint density at radius 2 is 1.57 bits per heavy atom. The minimum atomic E-state index is -3.73. The molecule has 4 rings (SSSR count). The molecule has 6 heteroatoms. The van der Waals surface area contributed by atoms with Crippen LogP contribution in [0.4, 0.5) is 5.69 Å². The number of hydrogen-bond donors (Lipinski definition) is 2. The predicted molar refractivity (Wildman–Crippen MR) is 118 cm³/mol. The molecule has 3 N–H and O–H groups in total. The SMILES string of the molecule is NC(Cc1ccccc1)c1ccc(NS(=O)(=O)c2ccccc2)c(-c2ccco2)c1. The number of hydrogen-bond acceptors (Lipinski definition) is 4. The van der Waals surface area contributed by atoms with Gasteiger partial charge < -0.3 is 10.2 Å². The third-order valence-electron chi connectivity index (χ3n) is 4.85. The molecule has 152 valence electrons. The Hall–Kier alpha value is -3.35. The summed E-state index contributed by atoms with van der Waals surface area (Å²) in [5, 5.41) is 0. The van der Waals surface area contributed by atoms with Crippen LogP contribution in [0.5, 0.6) is 0 Å². The maximum Gasteiger partial charge on any atom is 0.261 e. The molecule has 0 aliphatic heterocycles. The zero-order valence-electron chi connectivity index (χ0n) is 16.2. The molecule has 0 saturated heterocycles. The van der Waals surface area contributed by atoms with E-state index in [1.54, 1.807) is 54.8 Å². The van der Waals surface area contributed by atoms with Crippen molar-refractivity contribution >= 4 is 15.7 Å². The molecular weight excluding hydrogens is 396 g/mol. The summed E-state index contributed by atoms with van der Waals surface area (Å²) in [6.45, 7) is 0. The van der Waals surface area contributed by atoms with E-state index in [-0.39, 0.29) is 10.9 Å². The van der Waals surface area contributed by atoms with Crippen molar-refractivity contribution in [1.82, 2.24) is 0 Å². The molecule has 0 saturated carbocycles. The van der Waals surface area contributed by atoms with Crippen LogP contribution in [-0.4, -0.2) is 8.42 Å². The largest absolute Gasteiger partial charge is 0.464 e. The van der Waals surface area contributed by atoms with E-state index in [0.29, 0.717) is 23.4 Å². The molecule has 1 atom stereocenters. The van der Waals surface area contributed by atoms with Gasteiger partial charge in [-0.05, 0) is 53.9 Å². The summed E-state index contributed by atoms with van der Waals surface area (Å²) in [6.07, 6.45) is 2.23. The van der Waals surface area contributed by atoms with E-state index in [2.05, 4.69) is 4.72 Å². The summed E-state index contributed by atoms with van der Waals surface area (Å²) >= 11 is 0. The van der Waals surface area contributed by atoms with Crippen molar-refractivity contribution < 1.29 is 12.8 Å². The number of nitrogens with one attached hydrogen (secondary N) is 1. The van der Waals surface area contributed by atoms with Crippen molar-refractivity contribution in [2.45, 2.75) is 17.4 Å². The first-order valence-corrected chi connectivity index (χ1v) is 11.1. The van der Waals surface area contributed by atoms with Crippen molar-refractivity contribution in [3.05, 3.63) is 108 Å². The van der Waals surface area contributed by atoms with Crippen LogP contribution >= 0.6 is 0 Å². The van der Waals surface area contributed by atoms with E-state index in [1.807, 2.05) is 42.5 Å². The van der Waals surface area contributed by atoms with E-state index in [4.69, 9.17) is 10.2 Å². The molecular formula is C24H22N2O3S.